The van der Waals surface area contributed by atoms with E-state index in [0.717, 1.165) is 26.2 Å². The molecule has 3 rings (SSSR count). The Balaban J connectivity index is 0.00000280. The van der Waals surface area contributed by atoms with Crippen LogP contribution in [-0.2, 0) is 10.2 Å². The van der Waals surface area contributed by atoms with Gasteiger partial charge < -0.3 is 15.5 Å². The maximum atomic E-state index is 13.1. The minimum Gasteiger partial charge on any atom is -0.340 e. The summed E-state index contributed by atoms with van der Waals surface area (Å²) >= 11 is 0. The zero-order valence-electron chi connectivity index (χ0n) is 17.6. The molecule has 0 saturated carbocycles. The quantitative estimate of drug-likeness (QED) is 0.806. The molecule has 0 aromatic heterocycles. The van der Waals surface area contributed by atoms with E-state index in [4.69, 9.17) is 0 Å². The molecule has 2 amide bonds. The molecule has 2 aliphatic rings. The minimum atomic E-state index is -0.480. The Hall–Kier alpha value is -1.59. The second-order valence-corrected chi connectivity index (χ2v) is 9.44. The highest BCUT2D eigenvalue weighted by Gasteiger charge is 2.40. The second kappa shape index (κ2) is 8.83. The number of benzene rings is 1. The molecule has 156 valence electrons. The van der Waals surface area contributed by atoms with Crippen molar-refractivity contribution in [3.63, 3.8) is 0 Å². The van der Waals surface area contributed by atoms with Crippen LogP contribution in [0.3, 0.4) is 0 Å². The highest BCUT2D eigenvalue weighted by molar-refractivity contribution is 5.97. The Labute approximate surface area is 175 Å². The van der Waals surface area contributed by atoms with Crippen molar-refractivity contribution < 1.29 is 9.59 Å². The summed E-state index contributed by atoms with van der Waals surface area (Å²) in [6.45, 7) is 14.0. The van der Waals surface area contributed by atoms with Crippen molar-refractivity contribution in [1.82, 2.24) is 15.5 Å². The monoisotopic (exact) mass is 407 g/mol. The Morgan fingerprint density at radius 1 is 1.07 bits per heavy atom. The van der Waals surface area contributed by atoms with Crippen molar-refractivity contribution in [1.29, 1.82) is 0 Å². The van der Waals surface area contributed by atoms with E-state index in [2.05, 4.69) is 31.4 Å². The van der Waals surface area contributed by atoms with Crippen molar-refractivity contribution in [3.05, 3.63) is 35.4 Å². The molecule has 6 heteroatoms. The Bertz CT molecular complexity index is 685. The zero-order valence-corrected chi connectivity index (χ0v) is 18.4. The molecule has 0 bridgehead atoms. The van der Waals surface area contributed by atoms with Crippen molar-refractivity contribution in [2.45, 2.75) is 46.1 Å². The third-order valence-corrected chi connectivity index (χ3v) is 5.93. The van der Waals surface area contributed by atoms with E-state index >= 15 is 0 Å². The third-order valence-electron chi connectivity index (χ3n) is 5.93. The van der Waals surface area contributed by atoms with Gasteiger partial charge in [0.25, 0.3) is 5.91 Å². The van der Waals surface area contributed by atoms with Crippen LogP contribution in [0.25, 0.3) is 0 Å². The molecule has 0 aliphatic carbocycles. The number of nitrogens with one attached hydrogen (secondary N) is 2. The molecule has 1 aromatic rings. The molecule has 3 atom stereocenters. The molecule has 2 N–H and O–H groups in total. The van der Waals surface area contributed by atoms with Gasteiger partial charge in [-0.25, -0.2) is 0 Å². The molecule has 1 aromatic carbocycles. The van der Waals surface area contributed by atoms with Gasteiger partial charge in [-0.15, -0.1) is 12.4 Å². The first-order valence-corrected chi connectivity index (χ1v) is 10.1. The van der Waals surface area contributed by atoms with Gasteiger partial charge in [-0.2, -0.15) is 0 Å². The molecular weight excluding hydrogens is 374 g/mol. The van der Waals surface area contributed by atoms with Crippen LogP contribution < -0.4 is 10.6 Å². The zero-order chi connectivity index (χ0) is 19.8. The van der Waals surface area contributed by atoms with Gasteiger partial charge in [0.1, 0.15) is 6.04 Å². The van der Waals surface area contributed by atoms with Crippen molar-refractivity contribution in [2.75, 3.05) is 26.2 Å². The average Bonchev–Trinajstić information content (AvgIpc) is 3.19. The summed E-state index contributed by atoms with van der Waals surface area (Å²) in [7, 11) is 0. The molecule has 2 fully saturated rings. The summed E-state index contributed by atoms with van der Waals surface area (Å²) in [5.41, 5.74) is 1.84. The lowest BCUT2D eigenvalue weighted by molar-refractivity contribution is -0.133. The fourth-order valence-corrected chi connectivity index (χ4v) is 4.09. The van der Waals surface area contributed by atoms with Crippen LogP contribution in [0.5, 0.6) is 0 Å². The lowest BCUT2D eigenvalue weighted by Crippen LogP contribution is -2.51. The van der Waals surface area contributed by atoms with Crippen LogP contribution in [0.2, 0.25) is 0 Å². The van der Waals surface area contributed by atoms with Crippen LogP contribution >= 0.6 is 12.4 Å². The first-order valence-electron chi connectivity index (χ1n) is 10.1. The van der Waals surface area contributed by atoms with Crippen LogP contribution in [0.15, 0.2) is 24.3 Å². The molecule has 2 heterocycles. The van der Waals surface area contributed by atoms with Crippen molar-refractivity contribution in [3.8, 4) is 0 Å². The van der Waals surface area contributed by atoms with Gasteiger partial charge in [0, 0.05) is 31.7 Å². The van der Waals surface area contributed by atoms with Gasteiger partial charge in [0.15, 0.2) is 0 Å². The highest BCUT2D eigenvalue weighted by Crippen LogP contribution is 2.27. The van der Waals surface area contributed by atoms with Gasteiger partial charge in [-0.3, -0.25) is 9.59 Å². The number of hydrogen-bond donors (Lipinski definition) is 2. The minimum absolute atomic E-state index is 0. The van der Waals surface area contributed by atoms with Crippen LogP contribution in [0.1, 0.15) is 50.5 Å². The largest absolute Gasteiger partial charge is 0.340 e. The maximum Gasteiger partial charge on any atom is 0.251 e. The summed E-state index contributed by atoms with van der Waals surface area (Å²) in [5, 5.41) is 6.38. The van der Waals surface area contributed by atoms with E-state index in [0.29, 0.717) is 17.4 Å². The van der Waals surface area contributed by atoms with Gasteiger partial charge >= 0.3 is 0 Å². The van der Waals surface area contributed by atoms with Crippen LogP contribution in [0.4, 0.5) is 0 Å². The first kappa shape index (κ1) is 22.7. The predicted octanol–water partition coefficient (Wildman–Crippen LogP) is 2.84. The van der Waals surface area contributed by atoms with Crippen LogP contribution in [-0.4, -0.2) is 48.9 Å². The van der Waals surface area contributed by atoms with Gasteiger partial charge in [0.2, 0.25) is 5.91 Å². The molecule has 0 radical (unpaired) electrons. The second-order valence-electron chi connectivity index (χ2n) is 9.44. The third kappa shape index (κ3) is 4.87. The lowest BCUT2D eigenvalue weighted by Gasteiger charge is -2.27. The van der Waals surface area contributed by atoms with Crippen LogP contribution in [0, 0.1) is 17.8 Å². The van der Waals surface area contributed by atoms with Gasteiger partial charge in [-0.1, -0.05) is 46.8 Å². The van der Waals surface area contributed by atoms with E-state index in [-0.39, 0.29) is 35.6 Å². The number of amides is 2. The smallest absolute Gasteiger partial charge is 0.251 e. The number of fused-ring (bicyclic) bond motifs is 1. The molecule has 2 aliphatic heterocycles. The summed E-state index contributed by atoms with van der Waals surface area (Å²) < 4.78 is 0. The number of likely N-dealkylation sites (tertiary alicyclic amines) is 1. The lowest BCUT2D eigenvalue weighted by atomic mass is 9.86. The standard InChI is InChI=1S/C22H33N3O2.ClH/c1-14(2)19(21(27)25-12-16-10-23-11-17(16)13-25)24-20(26)15-6-8-18(9-7-15)22(3,4)5;/h6-9,14,16-17,19,23H,10-13H2,1-5H3,(H,24,26);1H/t16-,17+,19?;. The molecule has 5 nitrogen and oxygen atoms in total. The Morgan fingerprint density at radius 2 is 1.61 bits per heavy atom. The summed E-state index contributed by atoms with van der Waals surface area (Å²) in [6.07, 6.45) is 0. The topological polar surface area (TPSA) is 61.4 Å². The number of carbonyl (C=O) groups excluding carboxylic acids is 2. The SMILES string of the molecule is CC(C)C(NC(=O)c1ccc(C(C)(C)C)cc1)C(=O)N1C[C@H]2CNC[C@H]2C1.Cl. The number of carbonyl (C=O) groups is 2. The fourth-order valence-electron chi connectivity index (χ4n) is 4.09. The number of rotatable bonds is 4. The average molecular weight is 408 g/mol. The first-order chi connectivity index (χ1) is 12.7. The molecule has 0 spiro atoms. The normalized spacial score (nSPS) is 22.6. The van der Waals surface area contributed by atoms with Gasteiger partial charge in [0.05, 0.1) is 0 Å². The Kier molecular flexibility index (Phi) is 7.16. The predicted molar refractivity (Wildman–Crippen MR) is 115 cm³/mol. The number of hydrogen-bond acceptors (Lipinski definition) is 3. The number of halogens is 1. The van der Waals surface area contributed by atoms with E-state index in [1.54, 1.807) is 0 Å². The van der Waals surface area contributed by atoms with E-state index in [1.807, 2.05) is 43.0 Å². The Morgan fingerprint density at radius 3 is 2.07 bits per heavy atom. The summed E-state index contributed by atoms with van der Waals surface area (Å²) in [6, 6.07) is 7.21. The van der Waals surface area contributed by atoms with Crippen molar-refractivity contribution in [2.24, 2.45) is 17.8 Å². The van der Waals surface area contributed by atoms with E-state index < -0.39 is 6.04 Å². The number of nitrogens with zero attached hydrogens (tertiary/aromatic N) is 1. The summed E-state index contributed by atoms with van der Waals surface area (Å²) in [5.74, 6) is 1.04. The fraction of sp³-hybridized carbons (Fsp3) is 0.636. The highest BCUT2D eigenvalue weighted by atomic mass is 35.5. The molecule has 2 saturated heterocycles. The maximum absolute atomic E-state index is 13.1. The van der Waals surface area contributed by atoms with Gasteiger partial charge in [-0.05, 0) is 40.9 Å². The molecular formula is C22H34ClN3O2. The van der Waals surface area contributed by atoms with E-state index in [9.17, 15) is 9.59 Å². The van der Waals surface area contributed by atoms with E-state index in [1.165, 1.54) is 5.56 Å². The summed E-state index contributed by atoms with van der Waals surface area (Å²) in [4.78, 5) is 27.8. The molecule has 28 heavy (non-hydrogen) atoms. The van der Waals surface area contributed by atoms with Crippen molar-refractivity contribution >= 4 is 24.2 Å². The molecule has 1 unspecified atom stereocenters.